The van der Waals surface area contributed by atoms with Gasteiger partial charge in [0.2, 0.25) is 5.88 Å². The van der Waals surface area contributed by atoms with Crippen LogP contribution in [0.1, 0.15) is 23.8 Å². The second-order valence-electron chi connectivity index (χ2n) is 6.17. The summed E-state index contributed by atoms with van der Waals surface area (Å²) in [5, 5.41) is 0.837. The molecule has 1 atom stereocenters. The van der Waals surface area contributed by atoms with Crippen molar-refractivity contribution in [3.05, 3.63) is 16.8 Å². The van der Waals surface area contributed by atoms with Crippen molar-refractivity contribution in [1.29, 1.82) is 0 Å². The summed E-state index contributed by atoms with van der Waals surface area (Å²) in [7, 11) is -3.04. The number of thiophene rings is 1. The van der Waals surface area contributed by atoms with Crippen molar-refractivity contribution in [2.45, 2.75) is 33.2 Å². The first-order valence-corrected chi connectivity index (χ1v) is 10.8. The summed E-state index contributed by atoms with van der Waals surface area (Å²) in [5.41, 5.74) is 1.05. The standard InChI is InChI=1S/C16H21N3O4S2/c1-4-19(12-5-6-25(21,22)8-12)13(20)7-23-15-14-10(2)11(3)24-16(14)18-9-17-15/h9,12H,4-8H2,1-3H3/t12-/m1/s1. The first-order valence-electron chi connectivity index (χ1n) is 8.15. The lowest BCUT2D eigenvalue weighted by Crippen LogP contribution is -2.43. The van der Waals surface area contributed by atoms with Gasteiger partial charge in [0.1, 0.15) is 11.2 Å². The predicted octanol–water partition coefficient (Wildman–Crippen LogP) is 1.72. The number of carbonyl (C=O) groups is 1. The van der Waals surface area contributed by atoms with E-state index in [-0.39, 0.29) is 30.1 Å². The van der Waals surface area contributed by atoms with Crippen LogP contribution in [0.25, 0.3) is 10.2 Å². The minimum Gasteiger partial charge on any atom is -0.467 e. The zero-order chi connectivity index (χ0) is 18.2. The molecule has 3 rings (SSSR count). The molecule has 0 radical (unpaired) electrons. The lowest BCUT2D eigenvalue weighted by atomic mass is 10.2. The molecule has 7 nitrogen and oxygen atoms in total. The number of ether oxygens (including phenoxy) is 1. The summed E-state index contributed by atoms with van der Waals surface area (Å²) < 4.78 is 29.0. The molecule has 0 unspecified atom stereocenters. The van der Waals surface area contributed by atoms with Crippen LogP contribution in [0, 0.1) is 13.8 Å². The Kier molecular flexibility index (Phi) is 4.97. The fraction of sp³-hybridized carbons (Fsp3) is 0.562. The van der Waals surface area contributed by atoms with Crippen LogP contribution in [-0.4, -0.2) is 59.9 Å². The smallest absolute Gasteiger partial charge is 0.260 e. The van der Waals surface area contributed by atoms with Crippen LogP contribution in [0.15, 0.2) is 6.33 Å². The highest BCUT2D eigenvalue weighted by atomic mass is 32.2. The van der Waals surface area contributed by atoms with E-state index < -0.39 is 9.84 Å². The molecule has 1 saturated heterocycles. The molecule has 0 bridgehead atoms. The average molecular weight is 383 g/mol. The fourth-order valence-corrected chi connectivity index (χ4v) is 5.85. The van der Waals surface area contributed by atoms with E-state index in [0.717, 1.165) is 20.7 Å². The van der Waals surface area contributed by atoms with E-state index in [9.17, 15) is 13.2 Å². The Balaban J connectivity index is 1.74. The van der Waals surface area contributed by atoms with Crippen molar-refractivity contribution in [1.82, 2.24) is 14.9 Å². The summed E-state index contributed by atoms with van der Waals surface area (Å²) in [6, 6.07) is -0.262. The Hall–Kier alpha value is -1.74. The molecule has 1 amide bonds. The van der Waals surface area contributed by atoms with Gasteiger partial charge in [0.05, 0.1) is 16.9 Å². The summed E-state index contributed by atoms with van der Waals surface area (Å²) in [6.07, 6.45) is 1.92. The van der Waals surface area contributed by atoms with Crippen LogP contribution in [0.2, 0.25) is 0 Å². The van der Waals surface area contributed by atoms with Crippen LogP contribution < -0.4 is 4.74 Å². The van der Waals surface area contributed by atoms with Crippen molar-refractivity contribution in [2.24, 2.45) is 0 Å². The summed E-state index contributed by atoms with van der Waals surface area (Å²) >= 11 is 1.56. The maximum atomic E-state index is 12.5. The largest absolute Gasteiger partial charge is 0.467 e. The van der Waals surface area contributed by atoms with Gasteiger partial charge in [-0.3, -0.25) is 4.79 Å². The highest BCUT2D eigenvalue weighted by Crippen LogP contribution is 2.33. The number of hydrogen-bond donors (Lipinski definition) is 0. The van der Waals surface area contributed by atoms with Crippen molar-refractivity contribution in [3.8, 4) is 5.88 Å². The average Bonchev–Trinajstić information content (AvgIpc) is 3.06. The van der Waals surface area contributed by atoms with Crippen molar-refractivity contribution in [3.63, 3.8) is 0 Å². The van der Waals surface area contributed by atoms with Gasteiger partial charge in [0.25, 0.3) is 5.91 Å². The summed E-state index contributed by atoms with van der Waals surface area (Å²) in [6.45, 7) is 6.13. The van der Waals surface area contributed by atoms with E-state index in [2.05, 4.69) is 9.97 Å². The monoisotopic (exact) mass is 383 g/mol. The molecule has 25 heavy (non-hydrogen) atoms. The molecule has 0 aromatic carbocycles. The van der Waals surface area contributed by atoms with Gasteiger partial charge in [-0.05, 0) is 32.8 Å². The highest BCUT2D eigenvalue weighted by molar-refractivity contribution is 7.91. The van der Waals surface area contributed by atoms with Crippen LogP contribution >= 0.6 is 11.3 Å². The molecule has 0 spiro atoms. The molecule has 1 aliphatic heterocycles. The number of aryl methyl sites for hydroxylation is 2. The molecular weight excluding hydrogens is 362 g/mol. The number of carbonyl (C=O) groups excluding carboxylic acids is 1. The van der Waals surface area contributed by atoms with E-state index in [1.807, 2.05) is 20.8 Å². The van der Waals surface area contributed by atoms with Crippen LogP contribution in [0.4, 0.5) is 0 Å². The van der Waals surface area contributed by atoms with Gasteiger partial charge >= 0.3 is 0 Å². The maximum absolute atomic E-state index is 12.5. The third-order valence-electron chi connectivity index (χ3n) is 4.57. The molecule has 136 valence electrons. The molecule has 2 aromatic heterocycles. The molecule has 9 heteroatoms. The summed E-state index contributed by atoms with van der Waals surface area (Å²) in [4.78, 5) is 24.5. The SMILES string of the molecule is CCN(C(=O)COc1ncnc2sc(C)c(C)c12)[C@@H]1CCS(=O)(=O)C1. The molecule has 0 N–H and O–H groups in total. The third kappa shape index (κ3) is 3.62. The highest BCUT2D eigenvalue weighted by Gasteiger charge is 2.34. The number of aromatic nitrogens is 2. The Bertz CT molecular complexity index is 907. The number of hydrogen-bond acceptors (Lipinski definition) is 7. The van der Waals surface area contributed by atoms with Gasteiger partial charge in [-0.2, -0.15) is 0 Å². The fourth-order valence-electron chi connectivity index (χ4n) is 3.13. The maximum Gasteiger partial charge on any atom is 0.260 e. The van der Waals surface area contributed by atoms with Gasteiger partial charge in [-0.25, -0.2) is 18.4 Å². The van der Waals surface area contributed by atoms with E-state index >= 15 is 0 Å². The second-order valence-corrected chi connectivity index (χ2v) is 9.60. The van der Waals surface area contributed by atoms with Gasteiger partial charge in [0, 0.05) is 17.5 Å². The Morgan fingerprint density at radius 2 is 2.16 bits per heavy atom. The summed E-state index contributed by atoms with van der Waals surface area (Å²) in [5.74, 6) is 0.353. The normalized spacial score (nSPS) is 19.2. The second kappa shape index (κ2) is 6.87. The van der Waals surface area contributed by atoms with E-state index in [1.54, 1.807) is 16.2 Å². The molecule has 3 heterocycles. The molecule has 0 aliphatic carbocycles. The molecule has 1 fully saturated rings. The van der Waals surface area contributed by atoms with Crippen LogP contribution in [0.5, 0.6) is 5.88 Å². The van der Waals surface area contributed by atoms with E-state index in [1.165, 1.54) is 6.33 Å². The Labute approximate surface area is 150 Å². The first-order chi connectivity index (χ1) is 11.8. The topological polar surface area (TPSA) is 89.5 Å². The lowest BCUT2D eigenvalue weighted by Gasteiger charge is -2.26. The van der Waals surface area contributed by atoms with Gasteiger partial charge in [-0.1, -0.05) is 0 Å². The first kappa shape index (κ1) is 18.1. The quantitative estimate of drug-likeness (QED) is 0.781. The van der Waals surface area contributed by atoms with Gasteiger partial charge < -0.3 is 9.64 Å². The van der Waals surface area contributed by atoms with Crippen molar-refractivity contribution >= 4 is 37.3 Å². The Morgan fingerprint density at radius 1 is 1.40 bits per heavy atom. The van der Waals surface area contributed by atoms with Gasteiger partial charge in [0.15, 0.2) is 16.4 Å². The van der Waals surface area contributed by atoms with Crippen LogP contribution in [-0.2, 0) is 14.6 Å². The van der Waals surface area contributed by atoms with E-state index in [4.69, 9.17) is 4.74 Å². The number of nitrogens with zero attached hydrogens (tertiary/aromatic N) is 3. The minimum atomic E-state index is -3.04. The van der Waals surface area contributed by atoms with E-state index in [0.29, 0.717) is 18.8 Å². The number of fused-ring (bicyclic) bond motifs is 1. The third-order valence-corrected chi connectivity index (χ3v) is 7.44. The number of sulfone groups is 1. The van der Waals surface area contributed by atoms with Crippen LogP contribution in [0.3, 0.4) is 0 Å². The predicted molar refractivity (Wildman–Crippen MR) is 96.8 cm³/mol. The lowest BCUT2D eigenvalue weighted by molar-refractivity contribution is -0.135. The zero-order valence-electron chi connectivity index (χ0n) is 14.5. The van der Waals surface area contributed by atoms with Crippen molar-refractivity contribution < 1.29 is 17.9 Å². The molecule has 2 aromatic rings. The minimum absolute atomic E-state index is 0.0349. The molecular formula is C16H21N3O4S2. The number of amides is 1. The number of rotatable bonds is 5. The Morgan fingerprint density at radius 3 is 2.80 bits per heavy atom. The van der Waals surface area contributed by atoms with Crippen molar-refractivity contribution in [2.75, 3.05) is 24.7 Å². The molecule has 1 aliphatic rings. The zero-order valence-corrected chi connectivity index (χ0v) is 16.1. The van der Waals surface area contributed by atoms with Gasteiger partial charge in [-0.15, -0.1) is 11.3 Å². The number of likely N-dealkylation sites (N-methyl/N-ethyl adjacent to an activating group) is 1. The molecule has 0 saturated carbocycles.